The molecule has 2 aliphatic rings. The summed E-state index contributed by atoms with van der Waals surface area (Å²) in [5.74, 6) is 0.848. The van der Waals surface area contributed by atoms with Crippen molar-refractivity contribution in [1.29, 1.82) is 0 Å². The van der Waals surface area contributed by atoms with Gasteiger partial charge in [-0.3, -0.25) is 0 Å². The van der Waals surface area contributed by atoms with E-state index in [1.165, 1.54) is 44.1 Å². The highest BCUT2D eigenvalue weighted by molar-refractivity contribution is 7.80. The first kappa shape index (κ1) is 18.7. The smallest absolute Gasteiger partial charge is 0.173 e. The van der Waals surface area contributed by atoms with Gasteiger partial charge in [0.15, 0.2) is 5.11 Å². The van der Waals surface area contributed by atoms with Crippen molar-refractivity contribution in [3.05, 3.63) is 29.8 Å². The minimum absolute atomic E-state index is 0.711. The van der Waals surface area contributed by atoms with Gasteiger partial charge in [0, 0.05) is 30.9 Å². The number of hydrogen-bond donors (Lipinski definition) is 1. The fraction of sp³-hybridized carbons (Fsp3) is 0.667. The van der Waals surface area contributed by atoms with Crippen molar-refractivity contribution in [1.82, 2.24) is 9.80 Å². The Hall–Kier alpha value is -1.13. The SMILES string of the molecule is Cc1ccccc1NC(=S)N1CCC(N(C)[C@@H]2CCCC[C@@H]2C)CC1. The molecule has 3 nitrogen and oxygen atoms in total. The van der Waals surface area contributed by atoms with E-state index >= 15 is 0 Å². The van der Waals surface area contributed by atoms with E-state index in [-0.39, 0.29) is 0 Å². The molecule has 4 heteroatoms. The predicted octanol–water partition coefficient (Wildman–Crippen LogP) is 4.67. The molecule has 1 N–H and O–H groups in total. The molecule has 1 aliphatic heterocycles. The predicted molar refractivity (Wildman–Crippen MR) is 111 cm³/mol. The largest absolute Gasteiger partial charge is 0.349 e. The fourth-order valence-electron chi connectivity index (χ4n) is 4.56. The van der Waals surface area contributed by atoms with E-state index in [9.17, 15) is 0 Å². The van der Waals surface area contributed by atoms with Crippen LogP contribution in [0.15, 0.2) is 24.3 Å². The van der Waals surface area contributed by atoms with Crippen LogP contribution in [0.5, 0.6) is 0 Å². The van der Waals surface area contributed by atoms with E-state index in [4.69, 9.17) is 12.2 Å². The van der Waals surface area contributed by atoms with Crippen LogP contribution >= 0.6 is 12.2 Å². The van der Waals surface area contributed by atoms with Gasteiger partial charge in [-0.05, 0) is 69.4 Å². The molecule has 1 heterocycles. The van der Waals surface area contributed by atoms with Crippen LogP contribution in [-0.4, -0.2) is 47.1 Å². The number of likely N-dealkylation sites (tertiary alicyclic amines) is 1. The van der Waals surface area contributed by atoms with Gasteiger partial charge in [0.2, 0.25) is 0 Å². The zero-order valence-electron chi connectivity index (χ0n) is 16.0. The minimum Gasteiger partial charge on any atom is -0.349 e. The van der Waals surface area contributed by atoms with E-state index in [0.29, 0.717) is 6.04 Å². The Balaban J connectivity index is 1.51. The van der Waals surface area contributed by atoms with E-state index in [0.717, 1.165) is 35.8 Å². The summed E-state index contributed by atoms with van der Waals surface area (Å²) in [4.78, 5) is 5.04. The second-order valence-corrected chi connectivity index (χ2v) is 8.34. The zero-order chi connectivity index (χ0) is 17.8. The van der Waals surface area contributed by atoms with Gasteiger partial charge < -0.3 is 15.1 Å². The lowest BCUT2D eigenvalue weighted by molar-refractivity contribution is 0.0691. The number of aryl methyl sites for hydroxylation is 1. The van der Waals surface area contributed by atoms with Crippen LogP contribution in [0.1, 0.15) is 51.0 Å². The van der Waals surface area contributed by atoms with Crippen molar-refractivity contribution in [2.45, 2.75) is 64.5 Å². The van der Waals surface area contributed by atoms with E-state index in [2.05, 4.69) is 60.3 Å². The monoisotopic (exact) mass is 359 g/mol. The number of nitrogens with zero attached hydrogens (tertiary/aromatic N) is 2. The number of benzene rings is 1. The average molecular weight is 360 g/mol. The Labute approximate surface area is 158 Å². The molecule has 0 bridgehead atoms. The molecule has 1 saturated carbocycles. The summed E-state index contributed by atoms with van der Waals surface area (Å²) in [5.41, 5.74) is 2.37. The van der Waals surface area contributed by atoms with Crippen LogP contribution in [0.25, 0.3) is 0 Å². The van der Waals surface area contributed by atoms with Gasteiger partial charge in [-0.25, -0.2) is 0 Å². The number of hydrogen-bond acceptors (Lipinski definition) is 2. The third-order valence-electron chi connectivity index (χ3n) is 6.30. The summed E-state index contributed by atoms with van der Waals surface area (Å²) in [6.07, 6.45) is 8.04. The molecule has 3 rings (SSSR count). The Morgan fingerprint density at radius 2 is 1.80 bits per heavy atom. The van der Waals surface area contributed by atoms with Gasteiger partial charge in [0.05, 0.1) is 0 Å². The number of anilines is 1. The second kappa shape index (κ2) is 8.50. The lowest BCUT2D eigenvalue weighted by Crippen LogP contribution is -2.51. The van der Waals surface area contributed by atoms with Crippen molar-refractivity contribution >= 4 is 23.0 Å². The van der Waals surface area contributed by atoms with Crippen molar-refractivity contribution in [3.8, 4) is 0 Å². The van der Waals surface area contributed by atoms with E-state index in [1.807, 2.05) is 0 Å². The lowest BCUT2D eigenvalue weighted by atomic mass is 9.84. The average Bonchev–Trinajstić information content (AvgIpc) is 2.63. The number of thiocarbonyl (C=S) groups is 1. The Morgan fingerprint density at radius 3 is 2.48 bits per heavy atom. The van der Waals surface area contributed by atoms with Gasteiger partial charge in [0.25, 0.3) is 0 Å². The molecule has 2 fully saturated rings. The maximum absolute atomic E-state index is 5.67. The summed E-state index contributed by atoms with van der Waals surface area (Å²) in [7, 11) is 2.36. The van der Waals surface area contributed by atoms with Gasteiger partial charge >= 0.3 is 0 Å². The van der Waals surface area contributed by atoms with Crippen molar-refractivity contribution in [2.24, 2.45) is 5.92 Å². The molecule has 0 amide bonds. The third kappa shape index (κ3) is 4.53. The van der Waals surface area contributed by atoms with Gasteiger partial charge in [-0.1, -0.05) is 38.0 Å². The van der Waals surface area contributed by atoms with Crippen molar-refractivity contribution < 1.29 is 0 Å². The fourth-order valence-corrected chi connectivity index (χ4v) is 4.85. The molecular formula is C21H33N3S. The van der Waals surface area contributed by atoms with Crippen LogP contribution in [0.3, 0.4) is 0 Å². The normalized spacial score (nSPS) is 25.2. The summed E-state index contributed by atoms with van der Waals surface area (Å²) in [5, 5.41) is 4.31. The highest BCUT2D eigenvalue weighted by atomic mass is 32.1. The maximum atomic E-state index is 5.67. The summed E-state index contributed by atoms with van der Waals surface area (Å²) >= 11 is 5.67. The molecule has 1 aromatic rings. The zero-order valence-corrected chi connectivity index (χ0v) is 16.8. The molecule has 1 aromatic carbocycles. The Kier molecular flexibility index (Phi) is 6.34. The van der Waals surface area contributed by atoms with Gasteiger partial charge in [0.1, 0.15) is 0 Å². The second-order valence-electron chi connectivity index (χ2n) is 7.96. The van der Waals surface area contributed by atoms with Gasteiger partial charge in [-0.15, -0.1) is 0 Å². The number of nitrogens with one attached hydrogen (secondary N) is 1. The molecule has 0 aromatic heterocycles. The molecule has 2 atom stereocenters. The number of rotatable bonds is 3. The van der Waals surface area contributed by atoms with Crippen molar-refractivity contribution in [3.63, 3.8) is 0 Å². The standard InChI is InChI=1S/C21H33N3S/c1-16-8-4-6-10-19(16)22-21(25)24-14-12-18(13-15-24)23(3)20-11-7-5-9-17(20)2/h4,6,8,10,17-18,20H,5,7,9,11-15H2,1-3H3,(H,22,25)/t17-,20+/m0/s1. The Bertz CT molecular complexity index is 580. The first-order chi connectivity index (χ1) is 12.1. The Morgan fingerprint density at radius 1 is 1.12 bits per heavy atom. The van der Waals surface area contributed by atoms with Crippen LogP contribution in [0, 0.1) is 12.8 Å². The first-order valence-electron chi connectivity index (χ1n) is 9.89. The highest BCUT2D eigenvalue weighted by Gasteiger charge is 2.31. The van der Waals surface area contributed by atoms with Crippen LogP contribution in [-0.2, 0) is 0 Å². The lowest BCUT2D eigenvalue weighted by Gasteiger charge is -2.44. The summed E-state index contributed by atoms with van der Waals surface area (Å²) in [6, 6.07) is 9.84. The van der Waals surface area contributed by atoms with Crippen LogP contribution < -0.4 is 5.32 Å². The van der Waals surface area contributed by atoms with Crippen LogP contribution in [0.2, 0.25) is 0 Å². The molecule has 0 unspecified atom stereocenters. The maximum Gasteiger partial charge on any atom is 0.173 e. The first-order valence-corrected chi connectivity index (χ1v) is 10.3. The van der Waals surface area contributed by atoms with E-state index < -0.39 is 0 Å². The number of para-hydroxylation sites is 1. The number of piperidine rings is 1. The quantitative estimate of drug-likeness (QED) is 0.790. The molecule has 1 saturated heterocycles. The third-order valence-corrected chi connectivity index (χ3v) is 6.66. The molecule has 1 aliphatic carbocycles. The van der Waals surface area contributed by atoms with Gasteiger partial charge in [-0.2, -0.15) is 0 Å². The van der Waals surface area contributed by atoms with Crippen LogP contribution in [0.4, 0.5) is 5.69 Å². The summed E-state index contributed by atoms with van der Waals surface area (Å²) < 4.78 is 0. The van der Waals surface area contributed by atoms with E-state index in [1.54, 1.807) is 0 Å². The minimum atomic E-state index is 0.711. The molecule has 25 heavy (non-hydrogen) atoms. The summed E-state index contributed by atoms with van der Waals surface area (Å²) in [6.45, 7) is 6.69. The van der Waals surface area contributed by atoms with Crippen molar-refractivity contribution in [2.75, 3.05) is 25.5 Å². The highest BCUT2D eigenvalue weighted by Crippen LogP contribution is 2.30. The molecule has 138 valence electrons. The molecule has 0 spiro atoms. The topological polar surface area (TPSA) is 18.5 Å². The molecule has 0 radical (unpaired) electrons. The molecular weight excluding hydrogens is 326 g/mol.